The molecule has 3 aromatic rings. The summed E-state index contributed by atoms with van der Waals surface area (Å²) in [5.74, 6) is -0.345. The number of aryl methyl sites for hydroxylation is 3. The maximum Gasteiger partial charge on any atom is 0.275 e. The van der Waals surface area contributed by atoms with Crippen LogP contribution in [0.15, 0.2) is 17.8 Å². The van der Waals surface area contributed by atoms with Gasteiger partial charge in [0.2, 0.25) is 0 Å². The van der Waals surface area contributed by atoms with Gasteiger partial charge in [0.05, 0.1) is 35.4 Å². The lowest BCUT2D eigenvalue weighted by Crippen LogP contribution is -2.32. The lowest BCUT2D eigenvalue weighted by atomic mass is 10.0. The summed E-state index contributed by atoms with van der Waals surface area (Å²) in [4.78, 5) is 17.3. The van der Waals surface area contributed by atoms with Gasteiger partial charge >= 0.3 is 0 Å². The normalized spacial score (nSPS) is 22.1. The van der Waals surface area contributed by atoms with Crippen molar-refractivity contribution < 1.29 is 13.9 Å². The van der Waals surface area contributed by atoms with Gasteiger partial charge in [-0.2, -0.15) is 10.2 Å². The first kappa shape index (κ1) is 20.6. The summed E-state index contributed by atoms with van der Waals surface area (Å²) in [6, 6.07) is -0.550. The number of nitrogens with one attached hydrogen (secondary N) is 1. The fraction of sp³-hybridized carbons (Fsp3) is 0.474. The average molecular weight is 434 g/mol. The highest BCUT2D eigenvalue weighted by Crippen LogP contribution is 2.33. The number of anilines is 1. The molecule has 4 rings (SSSR count). The molecule has 1 aliphatic heterocycles. The number of halogens is 1. The van der Waals surface area contributed by atoms with Gasteiger partial charge in [-0.3, -0.25) is 14.2 Å². The van der Waals surface area contributed by atoms with Crippen molar-refractivity contribution in [2.45, 2.75) is 38.1 Å². The van der Waals surface area contributed by atoms with Crippen molar-refractivity contribution in [2.24, 2.45) is 19.8 Å². The quantitative estimate of drug-likeness (QED) is 0.653. The second kappa shape index (κ2) is 8.25. The number of ether oxygens (including phenoxy) is 1. The molecule has 4 heterocycles. The third-order valence-corrected chi connectivity index (χ3v) is 6.08. The second-order valence-electron chi connectivity index (χ2n) is 7.44. The summed E-state index contributed by atoms with van der Waals surface area (Å²) in [5, 5.41) is 13.9. The van der Waals surface area contributed by atoms with E-state index in [4.69, 9.17) is 10.5 Å². The van der Waals surface area contributed by atoms with Gasteiger partial charge in [0.25, 0.3) is 5.91 Å². The average Bonchev–Trinajstić information content (AvgIpc) is 3.38. The molecule has 9 nitrogen and oxygen atoms in total. The molecule has 0 aromatic carbocycles. The molecule has 3 N–H and O–H groups in total. The van der Waals surface area contributed by atoms with Crippen molar-refractivity contribution in [2.75, 3.05) is 11.9 Å². The number of carbonyl (C=O) groups is 1. The van der Waals surface area contributed by atoms with E-state index in [0.717, 1.165) is 16.3 Å². The van der Waals surface area contributed by atoms with E-state index >= 15 is 0 Å². The Morgan fingerprint density at radius 1 is 1.40 bits per heavy atom. The molecule has 0 radical (unpaired) electrons. The number of alkyl halides is 1. The van der Waals surface area contributed by atoms with Crippen molar-refractivity contribution in [3.05, 3.63) is 34.9 Å². The van der Waals surface area contributed by atoms with E-state index in [-0.39, 0.29) is 12.5 Å². The van der Waals surface area contributed by atoms with Crippen molar-refractivity contribution >= 4 is 22.9 Å². The Kier molecular flexibility index (Phi) is 5.67. The zero-order chi connectivity index (χ0) is 21.4. The van der Waals surface area contributed by atoms with Gasteiger partial charge in [0, 0.05) is 31.7 Å². The van der Waals surface area contributed by atoms with Crippen LogP contribution in [0.2, 0.25) is 0 Å². The number of hydrogen-bond donors (Lipinski definition) is 2. The van der Waals surface area contributed by atoms with Crippen molar-refractivity contribution in [1.82, 2.24) is 24.5 Å². The highest BCUT2D eigenvalue weighted by Gasteiger charge is 2.30. The van der Waals surface area contributed by atoms with Crippen molar-refractivity contribution in [1.29, 1.82) is 0 Å². The summed E-state index contributed by atoms with van der Waals surface area (Å²) in [7, 11) is 3.60. The topological polar surface area (TPSA) is 113 Å². The Balaban J connectivity index is 1.53. The largest absolute Gasteiger partial charge is 0.369 e. The predicted octanol–water partition coefficient (Wildman–Crippen LogP) is 2.35. The van der Waals surface area contributed by atoms with Crippen LogP contribution < -0.4 is 11.1 Å². The third-order valence-electron chi connectivity index (χ3n) is 5.20. The molecule has 1 fully saturated rings. The predicted molar refractivity (Wildman–Crippen MR) is 111 cm³/mol. The van der Waals surface area contributed by atoms with Crippen LogP contribution in [0.5, 0.6) is 0 Å². The van der Waals surface area contributed by atoms with E-state index in [9.17, 15) is 9.18 Å². The van der Waals surface area contributed by atoms with Gasteiger partial charge in [-0.15, -0.1) is 11.3 Å². The van der Waals surface area contributed by atoms with Gasteiger partial charge < -0.3 is 15.8 Å². The minimum atomic E-state index is -1.20. The molecule has 0 aliphatic carbocycles. The molecule has 1 amide bonds. The van der Waals surface area contributed by atoms with Crippen LogP contribution in [0.3, 0.4) is 0 Å². The van der Waals surface area contributed by atoms with Crippen molar-refractivity contribution in [3.63, 3.8) is 0 Å². The molecule has 11 heteroatoms. The molecule has 0 unspecified atom stereocenters. The van der Waals surface area contributed by atoms with Crippen LogP contribution in [0.25, 0.3) is 10.6 Å². The Morgan fingerprint density at radius 2 is 2.20 bits per heavy atom. The highest BCUT2D eigenvalue weighted by molar-refractivity contribution is 7.13. The minimum Gasteiger partial charge on any atom is -0.369 e. The SMILES string of the molecule is Cc1nn(C)cc1-c1nc(C(=O)Nc2cnn(C)c2[C@@H]2CC[C@@H](N)[C@H](F)CO2)cs1. The van der Waals surface area contributed by atoms with Crippen LogP contribution in [0.1, 0.15) is 40.8 Å². The maximum atomic E-state index is 13.9. The van der Waals surface area contributed by atoms with E-state index in [1.807, 2.05) is 20.2 Å². The Morgan fingerprint density at radius 3 is 2.93 bits per heavy atom. The molecule has 1 aliphatic rings. The number of rotatable bonds is 4. The van der Waals surface area contributed by atoms with Crippen LogP contribution in [-0.4, -0.2) is 49.3 Å². The lowest BCUT2D eigenvalue weighted by Gasteiger charge is -2.17. The fourth-order valence-corrected chi connectivity index (χ4v) is 4.44. The molecule has 3 atom stereocenters. The molecule has 0 spiro atoms. The molecular formula is C19H24FN7O2S. The molecular weight excluding hydrogens is 409 g/mol. The van der Waals surface area contributed by atoms with Crippen LogP contribution in [0, 0.1) is 6.92 Å². The molecule has 3 aromatic heterocycles. The number of aromatic nitrogens is 5. The van der Waals surface area contributed by atoms with Crippen LogP contribution in [0.4, 0.5) is 10.1 Å². The zero-order valence-corrected chi connectivity index (χ0v) is 17.8. The lowest BCUT2D eigenvalue weighted by molar-refractivity contribution is 0.0247. The number of carbonyl (C=O) groups excluding carboxylic acids is 1. The standard InChI is InChI=1S/C19H24FN7O2S/c1-10-11(7-26(2)25-10)19-24-15(9-30-19)18(28)23-14-6-22-27(3)17(14)16-5-4-13(21)12(20)8-29-16/h6-7,9,12-13,16H,4-5,8,21H2,1-3H3,(H,23,28)/t12-,13-,16+/m1/s1. The third kappa shape index (κ3) is 4.00. The first-order valence-corrected chi connectivity index (χ1v) is 10.5. The second-order valence-corrected chi connectivity index (χ2v) is 8.30. The monoisotopic (exact) mass is 433 g/mol. The summed E-state index contributed by atoms with van der Waals surface area (Å²) in [6.07, 6.45) is 2.87. The zero-order valence-electron chi connectivity index (χ0n) is 17.0. The highest BCUT2D eigenvalue weighted by atomic mass is 32.1. The molecule has 0 saturated carbocycles. The Bertz CT molecular complexity index is 1050. The summed E-state index contributed by atoms with van der Waals surface area (Å²) in [6.45, 7) is 1.82. The van der Waals surface area contributed by atoms with Gasteiger partial charge in [0.1, 0.15) is 23.0 Å². The van der Waals surface area contributed by atoms with E-state index in [1.165, 1.54) is 11.3 Å². The van der Waals surface area contributed by atoms with Gasteiger partial charge in [-0.1, -0.05) is 0 Å². The van der Waals surface area contributed by atoms with Crippen LogP contribution in [-0.2, 0) is 18.8 Å². The maximum absolute atomic E-state index is 13.9. The van der Waals surface area contributed by atoms with E-state index in [0.29, 0.717) is 29.9 Å². The first-order valence-electron chi connectivity index (χ1n) is 9.64. The number of nitrogens with zero attached hydrogens (tertiary/aromatic N) is 5. The van der Waals surface area contributed by atoms with Crippen LogP contribution >= 0.6 is 11.3 Å². The number of nitrogens with two attached hydrogens (primary N) is 1. The van der Waals surface area contributed by atoms with E-state index in [2.05, 4.69) is 20.5 Å². The molecule has 1 saturated heterocycles. The van der Waals surface area contributed by atoms with Gasteiger partial charge in [-0.25, -0.2) is 9.37 Å². The first-order chi connectivity index (χ1) is 14.3. The van der Waals surface area contributed by atoms with Gasteiger partial charge in [0.15, 0.2) is 0 Å². The molecule has 30 heavy (non-hydrogen) atoms. The van der Waals surface area contributed by atoms with E-state index < -0.39 is 18.3 Å². The number of amides is 1. The minimum absolute atomic E-state index is 0.0791. The van der Waals surface area contributed by atoms with E-state index in [1.54, 1.807) is 28.0 Å². The summed E-state index contributed by atoms with van der Waals surface area (Å²) in [5.41, 5.74) is 9.08. The molecule has 160 valence electrons. The fourth-order valence-electron chi connectivity index (χ4n) is 3.58. The Hall–Kier alpha value is -2.63. The Labute approximate surface area is 177 Å². The van der Waals surface area contributed by atoms with Crippen molar-refractivity contribution in [3.8, 4) is 10.6 Å². The molecule has 0 bridgehead atoms. The number of thiazole rings is 1. The van der Waals surface area contributed by atoms with Gasteiger partial charge in [-0.05, 0) is 19.8 Å². The summed E-state index contributed by atoms with van der Waals surface area (Å²) >= 11 is 1.38. The number of hydrogen-bond acceptors (Lipinski definition) is 7. The smallest absolute Gasteiger partial charge is 0.275 e. The summed E-state index contributed by atoms with van der Waals surface area (Å²) < 4.78 is 23.0.